The number of nitrogens with zero attached hydrogens (tertiary/aromatic N) is 2. The van der Waals surface area contributed by atoms with Gasteiger partial charge in [0, 0.05) is 31.0 Å². The Morgan fingerprint density at radius 1 is 1.56 bits per heavy atom. The van der Waals surface area contributed by atoms with E-state index in [4.69, 9.17) is 5.73 Å². The highest BCUT2D eigenvalue weighted by Crippen LogP contribution is 2.16. The second kappa shape index (κ2) is 4.87. The van der Waals surface area contributed by atoms with E-state index in [0.29, 0.717) is 6.54 Å². The van der Waals surface area contributed by atoms with Gasteiger partial charge in [-0.1, -0.05) is 0 Å². The van der Waals surface area contributed by atoms with Crippen molar-refractivity contribution in [2.45, 2.75) is 6.54 Å². The average molecular weight is 248 g/mol. The molecule has 5 nitrogen and oxygen atoms in total. The van der Waals surface area contributed by atoms with Crippen molar-refractivity contribution in [1.29, 1.82) is 0 Å². The first-order valence-electron chi connectivity index (χ1n) is 5.36. The van der Waals surface area contributed by atoms with Gasteiger partial charge in [-0.25, -0.2) is 4.39 Å². The number of halogens is 1. The van der Waals surface area contributed by atoms with E-state index in [1.165, 1.54) is 17.0 Å². The highest BCUT2D eigenvalue weighted by atomic mass is 19.1. The zero-order chi connectivity index (χ0) is 13.1. The molecule has 0 aliphatic rings. The van der Waals surface area contributed by atoms with Gasteiger partial charge in [-0.3, -0.25) is 9.89 Å². The number of benzene rings is 1. The molecule has 0 radical (unpaired) electrons. The molecule has 1 aromatic carbocycles. The third kappa shape index (κ3) is 2.48. The third-order valence-electron chi connectivity index (χ3n) is 2.57. The second-order valence-corrected chi connectivity index (χ2v) is 4.00. The van der Waals surface area contributed by atoms with Gasteiger partial charge in [-0.05, 0) is 18.2 Å². The van der Waals surface area contributed by atoms with Crippen LogP contribution in [-0.4, -0.2) is 28.1 Å². The number of nitrogens with one attached hydrogen (secondary N) is 1. The maximum absolute atomic E-state index is 13.1. The molecule has 3 N–H and O–H groups in total. The molecule has 1 heterocycles. The monoisotopic (exact) mass is 248 g/mol. The van der Waals surface area contributed by atoms with Crippen LogP contribution in [0.1, 0.15) is 15.9 Å². The van der Waals surface area contributed by atoms with Gasteiger partial charge in [-0.15, -0.1) is 0 Å². The summed E-state index contributed by atoms with van der Waals surface area (Å²) in [6.45, 7) is 0.380. The first kappa shape index (κ1) is 12.1. The van der Waals surface area contributed by atoms with Crippen LogP contribution in [0.15, 0.2) is 30.6 Å². The van der Waals surface area contributed by atoms with E-state index >= 15 is 0 Å². The van der Waals surface area contributed by atoms with E-state index < -0.39 is 5.82 Å². The standard InChI is InChI=1S/C12H13FN4O/c1-17(7-8-5-15-16-6-8)12(18)10-4-9(13)2-3-11(10)14/h2-6H,7,14H2,1H3,(H,15,16). The van der Waals surface area contributed by atoms with Gasteiger partial charge in [0.25, 0.3) is 5.91 Å². The Hall–Kier alpha value is -2.37. The van der Waals surface area contributed by atoms with Crippen LogP contribution in [0, 0.1) is 5.82 Å². The van der Waals surface area contributed by atoms with Crippen molar-refractivity contribution in [2.24, 2.45) is 0 Å². The van der Waals surface area contributed by atoms with Crippen molar-refractivity contribution >= 4 is 11.6 Å². The summed E-state index contributed by atoms with van der Waals surface area (Å²) in [7, 11) is 1.62. The van der Waals surface area contributed by atoms with Gasteiger partial charge in [0.05, 0.1) is 11.8 Å². The molecule has 94 valence electrons. The summed E-state index contributed by atoms with van der Waals surface area (Å²) in [5, 5.41) is 6.45. The molecule has 0 spiro atoms. The molecule has 0 fully saturated rings. The number of carbonyl (C=O) groups excluding carboxylic acids is 1. The smallest absolute Gasteiger partial charge is 0.256 e. The fourth-order valence-corrected chi connectivity index (χ4v) is 1.63. The molecule has 0 saturated carbocycles. The minimum Gasteiger partial charge on any atom is -0.398 e. The van der Waals surface area contributed by atoms with Crippen molar-refractivity contribution < 1.29 is 9.18 Å². The predicted molar refractivity (Wildman–Crippen MR) is 65.2 cm³/mol. The molecule has 1 aromatic heterocycles. The lowest BCUT2D eigenvalue weighted by molar-refractivity contribution is 0.0785. The largest absolute Gasteiger partial charge is 0.398 e. The van der Waals surface area contributed by atoms with E-state index in [1.54, 1.807) is 19.4 Å². The Morgan fingerprint density at radius 2 is 2.33 bits per heavy atom. The molecule has 2 aromatic rings. The zero-order valence-electron chi connectivity index (χ0n) is 9.85. The van der Waals surface area contributed by atoms with Gasteiger partial charge in [-0.2, -0.15) is 5.10 Å². The third-order valence-corrected chi connectivity index (χ3v) is 2.57. The molecular weight excluding hydrogens is 235 g/mol. The lowest BCUT2D eigenvalue weighted by atomic mass is 10.1. The van der Waals surface area contributed by atoms with Crippen LogP contribution in [0.25, 0.3) is 0 Å². The molecule has 0 aliphatic carbocycles. The summed E-state index contributed by atoms with van der Waals surface area (Å²) in [6.07, 6.45) is 3.32. The van der Waals surface area contributed by atoms with Crippen LogP contribution in [0.4, 0.5) is 10.1 Å². The summed E-state index contributed by atoms with van der Waals surface area (Å²) in [5.74, 6) is -0.808. The van der Waals surface area contributed by atoms with Crippen LogP contribution in [0.2, 0.25) is 0 Å². The Bertz CT molecular complexity index is 553. The van der Waals surface area contributed by atoms with Crippen LogP contribution >= 0.6 is 0 Å². The fraction of sp³-hybridized carbons (Fsp3) is 0.167. The molecule has 0 bridgehead atoms. The number of hydrogen-bond acceptors (Lipinski definition) is 3. The highest BCUT2D eigenvalue weighted by Gasteiger charge is 2.16. The fourth-order valence-electron chi connectivity index (χ4n) is 1.63. The molecule has 1 amide bonds. The maximum Gasteiger partial charge on any atom is 0.256 e. The van der Waals surface area contributed by atoms with Gasteiger partial charge >= 0.3 is 0 Å². The van der Waals surface area contributed by atoms with Crippen molar-refractivity contribution in [2.75, 3.05) is 12.8 Å². The van der Waals surface area contributed by atoms with Gasteiger partial charge in [0.1, 0.15) is 5.82 Å². The molecule has 6 heteroatoms. The quantitative estimate of drug-likeness (QED) is 0.806. The minimum atomic E-state index is -0.482. The van der Waals surface area contributed by atoms with Crippen molar-refractivity contribution in [1.82, 2.24) is 15.1 Å². The molecule has 0 unspecified atom stereocenters. The van der Waals surface area contributed by atoms with Crippen LogP contribution in [0.5, 0.6) is 0 Å². The van der Waals surface area contributed by atoms with E-state index in [1.807, 2.05) is 0 Å². The van der Waals surface area contributed by atoms with Crippen LogP contribution < -0.4 is 5.73 Å². The van der Waals surface area contributed by atoms with Crippen molar-refractivity contribution in [3.05, 3.63) is 47.5 Å². The topological polar surface area (TPSA) is 75.0 Å². The summed E-state index contributed by atoms with van der Waals surface area (Å²) in [6, 6.07) is 3.75. The van der Waals surface area contributed by atoms with Crippen molar-refractivity contribution in [3.8, 4) is 0 Å². The van der Waals surface area contributed by atoms with E-state index in [0.717, 1.165) is 11.6 Å². The number of carbonyl (C=O) groups is 1. The molecule has 0 saturated heterocycles. The van der Waals surface area contributed by atoms with Gasteiger partial charge < -0.3 is 10.6 Å². The Morgan fingerprint density at radius 3 is 3.00 bits per heavy atom. The number of aromatic amines is 1. The summed E-state index contributed by atoms with van der Waals surface area (Å²) in [4.78, 5) is 13.5. The number of rotatable bonds is 3. The predicted octanol–water partition coefficient (Wildman–Crippen LogP) is 1.40. The summed E-state index contributed by atoms with van der Waals surface area (Å²) in [5.41, 5.74) is 6.96. The molecule has 0 atom stereocenters. The first-order valence-corrected chi connectivity index (χ1v) is 5.36. The van der Waals surface area contributed by atoms with E-state index in [2.05, 4.69) is 10.2 Å². The number of nitrogen functional groups attached to an aromatic ring is 1. The molecular formula is C12H13FN4O. The Labute approximate surface area is 103 Å². The highest BCUT2D eigenvalue weighted by molar-refractivity contribution is 5.98. The number of aromatic nitrogens is 2. The number of hydrogen-bond donors (Lipinski definition) is 2. The number of nitrogens with two attached hydrogens (primary N) is 1. The second-order valence-electron chi connectivity index (χ2n) is 4.00. The van der Waals surface area contributed by atoms with E-state index in [-0.39, 0.29) is 17.2 Å². The average Bonchev–Trinajstić information content (AvgIpc) is 2.84. The van der Waals surface area contributed by atoms with Gasteiger partial charge in [0.2, 0.25) is 0 Å². The van der Waals surface area contributed by atoms with Crippen LogP contribution in [0.3, 0.4) is 0 Å². The number of H-pyrrole nitrogens is 1. The van der Waals surface area contributed by atoms with Gasteiger partial charge in [0.15, 0.2) is 0 Å². The first-order chi connectivity index (χ1) is 8.58. The normalized spacial score (nSPS) is 10.3. The maximum atomic E-state index is 13.1. The minimum absolute atomic E-state index is 0.168. The van der Waals surface area contributed by atoms with E-state index in [9.17, 15) is 9.18 Å². The van der Waals surface area contributed by atoms with Crippen LogP contribution in [-0.2, 0) is 6.54 Å². The zero-order valence-corrected chi connectivity index (χ0v) is 9.85. The van der Waals surface area contributed by atoms with Crippen molar-refractivity contribution in [3.63, 3.8) is 0 Å². The molecule has 2 rings (SSSR count). The Kier molecular flexibility index (Phi) is 3.27. The summed E-state index contributed by atoms with van der Waals surface area (Å²) >= 11 is 0. The number of amides is 1. The lowest BCUT2D eigenvalue weighted by Crippen LogP contribution is -2.26. The lowest BCUT2D eigenvalue weighted by Gasteiger charge is -2.17. The SMILES string of the molecule is CN(Cc1cn[nH]c1)C(=O)c1cc(F)ccc1N. The molecule has 18 heavy (non-hydrogen) atoms. The Balaban J connectivity index is 2.17. The molecule has 0 aliphatic heterocycles. The number of anilines is 1. The summed E-state index contributed by atoms with van der Waals surface area (Å²) < 4.78 is 13.1.